The second-order valence-corrected chi connectivity index (χ2v) is 3.39. The van der Waals surface area contributed by atoms with Gasteiger partial charge < -0.3 is 4.74 Å². The fourth-order valence-electron chi connectivity index (χ4n) is 0.927. The third-order valence-electron chi connectivity index (χ3n) is 1.53. The highest BCUT2D eigenvalue weighted by molar-refractivity contribution is 6.29. The Bertz CT molecular complexity index is 461. The van der Waals surface area contributed by atoms with E-state index in [-0.39, 0.29) is 0 Å². The lowest BCUT2D eigenvalue weighted by atomic mass is 10.4. The van der Waals surface area contributed by atoms with E-state index in [0.29, 0.717) is 21.9 Å². The van der Waals surface area contributed by atoms with Crippen LogP contribution >= 0.6 is 23.2 Å². The molecule has 0 aliphatic heterocycles. The van der Waals surface area contributed by atoms with E-state index in [1.165, 1.54) is 0 Å². The van der Waals surface area contributed by atoms with Crippen molar-refractivity contribution in [1.82, 2.24) is 15.2 Å². The van der Waals surface area contributed by atoms with Crippen LogP contribution in [0.1, 0.15) is 0 Å². The Kier molecular flexibility index (Phi) is 2.99. The summed E-state index contributed by atoms with van der Waals surface area (Å²) in [5.41, 5.74) is 0. The molecule has 0 saturated heterocycles. The summed E-state index contributed by atoms with van der Waals surface area (Å²) in [5, 5.41) is 8.05. The van der Waals surface area contributed by atoms with Gasteiger partial charge in [-0.05, 0) is 12.1 Å². The summed E-state index contributed by atoms with van der Waals surface area (Å²) in [6.07, 6.45) is 1.54. The molecule has 0 N–H and O–H groups in total. The largest absolute Gasteiger partial charge is 0.437 e. The maximum atomic E-state index is 5.69. The first-order valence-corrected chi connectivity index (χ1v) is 4.78. The SMILES string of the molecule is Clc1cc(Oc2ccc(Cl)nn2)ccn1. The molecule has 0 atom stereocenters. The van der Waals surface area contributed by atoms with Crippen LogP contribution in [0.2, 0.25) is 10.3 Å². The van der Waals surface area contributed by atoms with E-state index < -0.39 is 0 Å². The number of hydrogen-bond donors (Lipinski definition) is 0. The Labute approximate surface area is 95.8 Å². The molecular weight excluding hydrogens is 237 g/mol. The van der Waals surface area contributed by atoms with E-state index in [1.807, 2.05) is 0 Å². The van der Waals surface area contributed by atoms with Gasteiger partial charge in [-0.1, -0.05) is 23.2 Å². The molecule has 0 bridgehead atoms. The molecule has 2 rings (SSSR count). The van der Waals surface area contributed by atoms with Crippen molar-refractivity contribution >= 4 is 23.2 Å². The highest BCUT2D eigenvalue weighted by atomic mass is 35.5. The van der Waals surface area contributed by atoms with Gasteiger partial charge in [0.1, 0.15) is 10.9 Å². The molecule has 0 amide bonds. The van der Waals surface area contributed by atoms with Crippen LogP contribution in [0.3, 0.4) is 0 Å². The van der Waals surface area contributed by atoms with E-state index in [9.17, 15) is 0 Å². The molecule has 0 unspecified atom stereocenters. The van der Waals surface area contributed by atoms with Crippen molar-refractivity contribution in [1.29, 1.82) is 0 Å². The van der Waals surface area contributed by atoms with Crippen molar-refractivity contribution in [2.24, 2.45) is 0 Å². The highest BCUT2D eigenvalue weighted by Gasteiger charge is 2.00. The summed E-state index contributed by atoms with van der Waals surface area (Å²) in [6.45, 7) is 0. The third kappa shape index (κ3) is 2.78. The van der Waals surface area contributed by atoms with E-state index in [2.05, 4.69) is 15.2 Å². The zero-order valence-electron chi connectivity index (χ0n) is 7.39. The van der Waals surface area contributed by atoms with E-state index in [1.54, 1.807) is 30.5 Å². The Morgan fingerprint density at radius 2 is 1.87 bits per heavy atom. The van der Waals surface area contributed by atoms with Gasteiger partial charge in [0.2, 0.25) is 5.88 Å². The first kappa shape index (κ1) is 10.1. The molecule has 4 nitrogen and oxygen atoms in total. The van der Waals surface area contributed by atoms with Crippen molar-refractivity contribution in [2.45, 2.75) is 0 Å². The number of nitrogens with zero attached hydrogens (tertiary/aromatic N) is 3. The van der Waals surface area contributed by atoms with Crippen LogP contribution in [0, 0.1) is 0 Å². The summed E-state index contributed by atoms with van der Waals surface area (Å²) in [6, 6.07) is 6.45. The molecule has 6 heteroatoms. The number of pyridine rings is 1. The van der Waals surface area contributed by atoms with Crippen molar-refractivity contribution in [3.63, 3.8) is 0 Å². The maximum Gasteiger partial charge on any atom is 0.238 e. The monoisotopic (exact) mass is 241 g/mol. The Morgan fingerprint density at radius 1 is 1.00 bits per heavy atom. The number of aromatic nitrogens is 3. The molecule has 0 radical (unpaired) electrons. The first-order valence-electron chi connectivity index (χ1n) is 4.03. The second-order valence-electron chi connectivity index (χ2n) is 2.61. The van der Waals surface area contributed by atoms with Gasteiger partial charge in [-0.2, -0.15) is 0 Å². The molecule has 0 aliphatic rings. The molecular formula is C9H5Cl2N3O. The van der Waals surface area contributed by atoms with Crippen LogP contribution in [-0.2, 0) is 0 Å². The minimum Gasteiger partial charge on any atom is -0.437 e. The van der Waals surface area contributed by atoms with E-state index in [4.69, 9.17) is 27.9 Å². The maximum absolute atomic E-state index is 5.69. The summed E-state index contributed by atoms with van der Waals surface area (Å²) in [5.74, 6) is 0.897. The van der Waals surface area contributed by atoms with Gasteiger partial charge in [-0.3, -0.25) is 0 Å². The fraction of sp³-hybridized carbons (Fsp3) is 0. The lowest BCUT2D eigenvalue weighted by molar-refractivity contribution is 0.454. The van der Waals surface area contributed by atoms with Crippen molar-refractivity contribution < 1.29 is 4.74 Å². The second kappa shape index (κ2) is 4.42. The van der Waals surface area contributed by atoms with Gasteiger partial charge in [0.05, 0.1) is 0 Å². The van der Waals surface area contributed by atoms with Crippen LogP contribution in [0.15, 0.2) is 30.5 Å². The molecule has 76 valence electrons. The number of halogens is 2. The van der Waals surface area contributed by atoms with Gasteiger partial charge in [0.25, 0.3) is 0 Å². The Balaban J connectivity index is 2.18. The van der Waals surface area contributed by atoms with Gasteiger partial charge in [0.15, 0.2) is 5.15 Å². The van der Waals surface area contributed by atoms with Crippen LogP contribution < -0.4 is 4.74 Å². The summed E-state index contributed by atoms with van der Waals surface area (Å²) in [7, 11) is 0. The third-order valence-corrected chi connectivity index (χ3v) is 1.94. The Morgan fingerprint density at radius 3 is 2.53 bits per heavy atom. The van der Waals surface area contributed by atoms with Gasteiger partial charge in [0, 0.05) is 18.3 Å². The lowest BCUT2D eigenvalue weighted by Crippen LogP contribution is -1.90. The first-order chi connectivity index (χ1) is 7.24. The number of ether oxygens (including phenoxy) is 1. The summed E-state index contributed by atoms with van der Waals surface area (Å²) in [4.78, 5) is 3.82. The normalized spacial score (nSPS) is 10.0. The minimum atomic E-state index is 0.315. The van der Waals surface area contributed by atoms with Gasteiger partial charge in [-0.25, -0.2) is 4.98 Å². The van der Waals surface area contributed by atoms with Crippen molar-refractivity contribution in [3.8, 4) is 11.6 Å². The molecule has 0 saturated carbocycles. The lowest BCUT2D eigenvalue weighted by Gasteiger charge is -2.02. The van der Waals surface area contributed by atoms with Crippen LogP contribution in [-0.4, -0.2) is 15.2 Å². The highest BCUT2D eigenvalue weighted by Crippen LogP contribution is 2.20. The minimum absolute atomic E-state index is 0.315. The molecule has 0 fully saturated rings. The molecule has 0 aromatic carbocycles. The quantitative estimate of drug-likeness (QED) is 0.759. The summed E-state index contributed by atoms with van der Waals surface area (Å²) >= 11 is 11.3. The molecule has 15 heavy (non-hydrogen) atoms. The topological polar surface area (TPSA) is 47.9 Å². The zero-order valence-corrected chi connectivity index (χ0v) is 8.90. The molecule has 2 aromatic heterocycles. The average Bonchev–Trinajstić information content (AvgIpc) is 2.22. The zero-order chi connectivity index (χ0) is 10.7. The van der Waals surface area contributed by atoms with E-state index >= 15 is 0 Å². The number of hydrogen-bond acceptors (Lipinski definition) is 4. The van der Waals surface area contributed by atoms with Crippen molar-refractivity contribution in [3.05, 3.63) is 40.8 Å². The van der Waals surface area contributed by atoms with Gasteiger partial charge >= 0.3 is 0 Å². The molecule has 0 aliphatic carbocycles. The Hall–Kier alpha value is -1.39. The van der Waals surface area contributed by atoms with E-state index in [0.717, 1.165) is 0 Å². The summed E-state index contributed by atoms with van der Waals surface area (Å²) < 4.78 is 5.36. The number of rotatable bonds is 2. The van der Waals surface area contributed by atoms with Gasteiger partial charge in [-0.15, -0.1) is 10.2 Å². The predicted molar refractivity (Wildman–Crippen MR) is 56.4 cm³/mol. The predicted octanol–water partition coefficient (Wildman–Crippen LogP) is 2.97. The van der Waals surface area contributed by atoms with Crippen LogP contribution in [0.4, 0.5) is 0 Å². The molecule has 2 aromatic rings. The fourth-order valence-corrected chi connectivity index (χ4v) is 1.19. The standard InChI is InChI=1S/C9H5Cl2N3O/c10-7-1-2-9(14-13-7)15-6-3-4-12-8(11)5-6/h1-5H. The van der Waals surface area contributed by atoms with Crippen LogP contribution in [0.5, 0.6) is 11.6 Å². The average molecular weight is 242 g/mol. The van der Waals surface area contributed by atoms with Crippen LogP contribution in [0.25, 0.3) is 0 Å². The molecule has 0 spiro atoms. The molecule has 2 heterocycles. The van der Waals surface area contributed by atoms with Crippen molar-refractivity contribution in [2.75, 3.05) is 0 Å². The smallest absolute Gasteiger partial charge is 0.238 e.